The molecular weight excluding hydrogens is 210 g/mol. The predicted octanol–water partition coefficient (Wildman–Crippen LogP) is 2.38. The molecule has 94 valence electrons. The topological polar surface area (TPSA) is 23.5 Å². The summed E-state index contributed by atoms with van der Waals surface area (Å²) in [6.45, 7) is 2.25. The van der Waals surface area contributed by atoms with E-state index >= 15 is 0 Å². The van der Waals surface area contributed by atoms with Gasteiger partial charge in [-0.1, -0.05) is 18.2 Å². The summed E-state index contributed by atoms with van der Waals surface area (Å²) in [4.78, 5) is 2.28. The van der Waals surface area contributed by atoms with Crippen LogP contribution in [0.15, 0.2) is 18.2 Å². The van der Waals surface area contributed by atoms with E-state index in [4.69, 9.17) is 5.11 Å². The third kappa shape index (κ3) is 3.55. The quantitative estimate of drug-likeness (QED) is 0.844. The van der Waals surface area contributed by atoms with E-state index in [0.717, 1.165) is 19.5 Å². The molecule has 1 aromatic rings. The molecule has 0 amide bonds. The predicted molar refractivity (Wildman–Crippen MR) is 71.1 cm³/mol. The molecule has 0 unspecified atom stereocenters. The third-order valence-electron chi connectivity index (χ3n) is 3.56. The van der Waals surface area contributed by atoms with Gasteiger partial charge in [0.05, 0.1) is 0 Å². The number of aliphatic hydroxyl groups excluding tert-OH is 1. The number of fused-ring (bicyclic) bond motifs is 1. The van der Waals surface area contributed by atoms with Gasteiger partial charge < -0.3 is 10.0 Å². The molecule has 0 saturated heterocycles. The summed E-state index contributed by atoms with van der Waals surface area (Å²) in [5.41, 5.74) is 4.52. The van der Waals surface area contributed by atoms with Crippen molar-refractivity contribution in [3.63, 3.8) is 0 Å². The minimum atomic E-state index is 0.286. The van der Waals surface area contributed by atoms with E-state index in [1.165, 1.54) is 31.2 Å². The summed E-state index contributed by atoms with van der Waals surface area (Å²) in [7, 11) is 2.12. The number of benzene rings is 1. The SMILES string of the molecule is CN(CCCO)Cc1ccc2c(c1)CCCC2. The van der Waals surface area contributed by atoms with Gasteiger partial charge in [0.15, 0.2) is 0 Å². The fourth-order valence-electron chi connectivity index (χ4n) is 2.62. The first-order chi connectivity index (χ1) is 8.29. The van der Waals surface area contributed by atoms with E-state index in [2.05, 4.69) is 30.1 Å². The molecule has 0 heterocycles. The molecule has 0 fully saturated rings. The van der Waals surface area contributed by atoms with Crippen LogP contribution in [0.2, 0.25) is 0 Å². The van der Waals surface area contributed by atoms with Crippen LogP contribution < -0.4 is 0 Å². The second kappa shape index (κ2) is 6.18. The zero-order valence-corrected chi connectivity index (χ0v) is 10.8. The monoisotopic (exact) mass is 233 g/mol. The smallest absolute Gasteiger partial charge is 0.0443 e. The van der Waals surface area contributed by atoms with Crippen LogP contribution in [0.25, 0.3) is 0 Å². The normalized spacial score (nSPS) is 15.0. The van der Waals surface area contributed by atoms with Crippen molar-refractivity contribution in [3.05, 3.63) is 34.9 Å². The molecule has 0 aromatic heterocycles. The highest BCUT2D eigenvalue weighted by Crippen LogP contribution is 2.22. The molecule has 17 heavy (non-hydrogen) atoms. The minimum Gasteiger partial charge on any atom is -0.396 e. The zero-order valence-electron chi connectivity index (χ0n) is 10.8. The van der Waals surface area contributed by atoms with Gasteiger partial charge in [0.1, 0.15) is 0 Å². The largest absolute Gasteiger partial charge is 0.396 e. The Morgan fingerprint density at radius 3 is 2.71 bits per heavy atom. The number of hydrogen-bond donors (Lipinski definition) is 1. The van der Waals surface area contributed by atoms with E-state index in [9.17, 15) is 0 Å². The Morgan fingerprint density at radius 1 is 1.18 bits per heavy atom. The van der Waals surface area contributed by atoms with E-state index in [0.29, 0.717) is 0 Å². The second-order valence-corrected chi connectivity index (χ2v) is 5.13. The molecule has 2 rings (SSSR count). The number of aryl methyl sites for hydroxylation is 2. The molecule has 0 bridgehead atoms. The van der Waals surface area contributed by atoms with Gasteiger partial charge in [-0.3, -0.25) is 0 Å². The van der Waals surface area contributed by atoms with Gasteiger partial charge in [-0.25, -0.2) is 0 Å². The highest BCUT2D eigenvalue weighted by Gasteiger charge is 2.10. The summed E-state index contributed by atoms with van der Waals surface area (Å²) in [5.74, 6) is 0. The zero-order chi connectivity index (χ0) is 12.1. The molecule has 2 nitrogen and oxygen atoms in total. The van der Waals surface area contributed by atoms with Crippen molar-refractivity contribution in [3.8, 4) is 0 Å². The van der Waals surface area contributed by atoms with Gasteiger partial charge in [-0.05, 0) is 55.8 Å². The Labute approximate surface area is 104 Å². The molecular formula is C15H23NO. The lowest BCUT2D eigenvalue weighted by molar-refractivity contribution is 0.244. The number of hydrogen-bond acceptors (Lipinski definition) is 2. The van der Waals surface area contributed by atoms with Crippen molar-refractivity contribution in [2.24, 2.45) is 0 Å². The first-order valence-corrected chi connectivity index (χ1v) is 6.69. The molecule has 0 spiro atoms. The van der Waals surface area contributed by atoms with Crippen LogP contribution in [0.1, 0.15) is 36.0 Å². The Balaban J connectivity index is 1.97. The van der Waals surface area contributed by atoms with Crippen LogP contribution in [0.4, 0.5) is 0 Å². The van der Waals surface area contributed by atoms with Crippen molar-refractivity contribution in [2.45, 2.75) is 38.6 Å². The Bertz CT molecular complexity index is 362. The van der Waals surface area contributed by atoms with Crippen molar-refractivity contribution < 1.29 is 5.11 Å². The molecule has 1 aromatic carbocycles. The van der Waals surface area contributed by atoms with Gasteiger partial charge in [0.25, 0.3) is 0 Å². The van der Waals surface area contributed by atoms with E-state index < -0.39 is 0 Å². The van der Waals surface area contributed by atoms with E-state index in [-0.39, 0.29) is 6.61 Å². The molecule has 0 aliphatic heterocycles. The van der Waals surface area contributed by atoms with Crippen LogP contribution in [-0.4, -0.2) is 30.2 Å². The second-order valence-electron chi connectivity index (χ2n) is 5.13. The van der Waals surface area contributed by atoms with E-state index in [1.54, 1.807) is 11.1 Å². The van der Waals surface area contributed by atoms with Gasteiger partial charge in [0, 0.05) is 19.7 Å². The molecule has 1 aliphatic rings. The lowest BCUT2D eigenvalue weighted by Crippen LogP contribution is -2.20. The lowest BCUT2D eigenvalue weighted by atomic mass is 9.90. The van der Waals surface area contributed by atoms with Gasteiger partial charge in [-0.2, -0.15) is 0 Å². The maximum atomic E-state index is 8.81. The fourth-order valence-corrected chi connectivity index (χ4v) is 2.62. The van der Waals surface area contributed by atoms with Crippen LogP contribution in [0.5, 0.6) is 0 Å². The number of nitrogens with zero attached hydrogens (tertiary/aromatic N) is 1. The molecule has 0 radical (unpaired) electrons. The van der Waals surface area contributed by atoms with E-state index in [1.807, 2.05) is 0 Å². The number of aliphatic hydroxyl groups is 1. The minimum absolute atomic E-state index is 0.286. The van der Waals surface area contributed by atoms with Crippen LogP contribution in [0.3, 0.4) is 0 Å². The van der Waals surface area contributed by atoms with Crippen molar-refractivity contribution in [1.29, 1.82) is 0 Å². The summed E-state index contributed by atoms with van der Waals surface area (Å²) < 4.78 is 0. The Kier molecular flexibility index (Phi) is 4.57. The first kappa shape index (κ1) is 12.6. The van der Waals surface area contributed by atoms with Gasteiger partial charge >= 0.3 is 0 Å². The average molecular weight is 233 g/mol. The standard InChI is InChI=1S/C15H23NO/c1-16(9-4-10-17)12-13-7-8-14-5-2-3-6-15(14)11-13/h7-8,11,17H,2-6,9-10,12H2,1H3. The lowest BCUT2D eigenvalue weighted by Gasteiger charge is -2.20. The summed E-state index contributed by atoms with van der Waals surface area (Å²) in [5, 5.41) is 8.81. The Hall–Kier alpha value is -0.860. The highest BCUT2D eigenvalue weighted by molar-refractivity contribution is 5.33. The molecule has 0 atom stereocenters. The summed E-state index contributed by atoms with van der Waals surface area (Å²) >= 11 is 0. The maximum absolute atomic E-state index is 8.81. The average Bonchev–Trinajstić information content (AvgIpc) is 2.36. The molecule has 2 heteroatoms. The van der Waals surface area contributed by atoms with Gasteiger partial charge in [0.2, 0.25) is 0 Å². The highest BCUT2D eigenvalue weighted by atomic mass is 16.3. The fraction of sp³-hybridized carbons (Fsp3) is 0.600. The Morgan fingerprint density at radius 2 is 1.94 bits per heavy atom. The van der Waals surface area contributed by atoms with Crippen LogP contribution in [0, 0.1) is 0 Å². The maximum Gasteiger partial charge on any atom is 0.0443 e. The summed E-state index contributed by atoms with van der Waals surface area (Å²) in [6.07, 6.45) is 6.07. The summed E-state index contributed by atoms with van der Waals surface area (Å²) in [6, 6.07) is 6.95. The van der Waals surface area contributed by atoms with Crippen LogP contribution >= 0.6 is 0 Å². The molecule has 1 N–H and O–H groups in total. The van der Waals surface area contributed by atoms with Crippen molar-refractivity contribution in [2.75, 3.05) is 20.2 Å². The first-order valence-electron chi connectivity index (χ1n) is 6.69. The van der Waals surface area contributed by atoms with Crippen molar-refractivity contribution >= 4 is 0 Å². The molecule has 0 saturated carbocycles. The van der Waals surface area contributed by atoms with Crippen LogP contribution in [-0.2, 0) is 19.4 Å². The third-order valence-corrected chi connectivity index (χ3v) is 3.56. The van der Waals surface area contributed by atoms with Crippen molar-refractivity contribution in [1.82, 2.24) is 4.90 Å². The molecule has 1 aliphatic carbocycles. The van der Waals surface area contributed by atoms with Gasteiger partial charge in [-0.15, -0.1) is 0 Å². The number of rotatable bonds is 5.